The number of carbonyl (C=O) groups is 1. The zero-order chi connectivity index (χ0) is 24.0. The van der Waals surface area contributed by atoms with Gasteiger partial charge in [0, 0.05) is 12.0 Å². The van der Waals surface area contributed by atoms with Crippen molar-refractivity contribution in [2.75, 3.05) is 16.2 Å². The molecule has 2 aromatic rings. The fourth-order valence-corrected chi connectivity index (χ4v) is 5.18. The topological polar surface area (TPSA) is 97.8 Å². The maximum absolute atomic E-state index is 13.4. The summed E-state index contributed by atoms with van der Waals surface area (Å²) in [5, 5.41) is 2.60. The van der Waals surface area contributed by atoms with Crippen LogP contribution in [-0.2, 0) is 21.2 Å². The van der Waals surface area contributed by atoms with Gasteiger partial charge in [-0.25, -0.2) is 17.6 Å². The quantitative estimate of drug-likeness (QED) is 0.688. The fourth-order valence-electron chi connectivity index (χ4n) is 3.51. The summed E-state index contributed by atoms with van der Waals surface area (Å²) >= 11 is 0. The van der Waals surface area contributed by atoms with Crippen LogP contribution in [0.5, 0.6) is 5.88 Å². The molecule has 1 aliphatic carbocycles. The summed E-state index contributed by atoms with van der Waals surface area (Å²) in [5.74, 6) is -0.223. The molecule has 0 unspecified atom stereocenters. The lowest BCUT2D eigenvalue weighted by atomic mass is 10.0. The van der Waals surface area contributed by atoms with Crippen molar-refractivity contribution >= 4 is 27.6 Å². The minimum atomic E-state index is -4.05. The number of halogens is 1. The molecule has 1 aliphatic heterocycles. The average Bonchev–Trinajstić information content (AvgIpc) is 3.55. The van der Waals surface area contributed by atoms with Crippen LogP contribution in [0.3, 0.4) is 0 Å². The van der Waals surface area contributed by atoms with E-state index < -0.39 is 27.0 Å². The number of ether oxygens (including phenoxy) is 2. The molecule has 0 saturated heterocycles. The third kappa shape index (κ3) is 5.21. The smallest absolute Gasteiger partial charge is 0.430 e. The van der Waals surface area contributed by atoms with Gasteiger partial charge in [-0.15, -0.1) is 0 Å². The maximum atomic E-state index is 13.4. The van der Waals surface area contributed by atoms with Crippen molar-refractivity contribution in [3.05, 3.63) is 47.3 Å². The van der Waals surface area contributed by atoms with Crippen LogP contribution in [0, 0.1) is 5.82 Å². The fraction of sp³-hybridized carbons (Fsp3) is 0.478. The van der Waals surface area contributed by atoms with Crippen molar-refractivity contribution in [2.24, 2.45) is 0 Å². The number of benzene rings is 1. The zero-order valence-electron chi connectivity index (χ0n) is 19.1. The third-order valence-corrected chi connectivity index (χ3v) is 7.32. The monoisotopic (exact) mass is 477 g/mol. The van der Waals surface area contributed by atoms with E-state index >= 15 is 0 Å². The predicted molar refractivity (Wildman–Crippen MR) is 123 cm³/mol. The van der Waals surface area contributed by atoms with Crippen LogP contribution in [0.25, 0.3) is 0 Å². The number of sulfonamides is 1. The van der Waals surface area contributed by atoms with Crippen molar-refractivity contribution < 1.29 is 27.1 Å². The largest absolute Gasteiger partial charge is 0.474 e. The van der Waals surface area contributed by atoms with Crippen LogP contribution in [0.4, 0.5) is 20.7 Å². The van der Waals surface area contributed by atoms with Crippen LogP contribution < -0.4 is 14.4 Å². The van der Waals surface area contributed by atoms with E-state index in [1.165, 1.54) is 12.1 Å². The molecule has 178 valence electrons. The van der Waals surface area contributed by atoms with Gasteiger partial charge in [0.05, 0.1) is 17.0 Å². The van der Waals surface area contributed by atoms with Gasteiger partial charge in [-0.1, -0.05) is 12.1 Å². The van der Waals surface area contributed by atoms with E-state index in [1.54, 1.807) is 39.0 Å². The Labute approximate surface area is 193 Å². The Bertz CT molecular complexity index is 1160. The standard InChI is InChI=1S/C23H28FN3O5S/c1-14-13-31-21-19(25-14)12-16(11-15-5-7-17(24)8-6-15)20(26-21)27(22(28)32-23(2,3)4)33(29,30)18-9-10-18/h5-8,12,14,18,25H,9-11,13H2,1-4H3/t14-/m0/s1. The van der Waals surface area contributed by atoms with Gasteiger partial charge in [0.1, 0.15) is 18.0 Å². The Balaban J connectivity index is 1.85. The number of nitrogens with one attached hydrogen (secondary N) is 1. The summed E-state index contributed by atoms with van der Waals surface area (Å²) in [7, 11) is -4.05. The van der Waals surface area contributed by atoms with E-state index in [2.05, 4.69) is 10.3 Å². The van der Waals surface area contributed by atoms with Gasteiger partial charge in [-0.2, -0.15) is 9.29 Å². The summed E-state index contributed by atoms with van der Waals surface area (Å²) in [5.41, 5.74) is 0.896. The van der Waals surface area contributed by atoms with Crippen molar-refractivity contribution in [2.45, 2.75) is 63.9 Å². The average molecular weight is 478 g/mol. The third-order valence-electron chi connectivity index (χ3n) is 5.18. The molecule has 33 heavy (non-hydrogen) atoms. The van der Waals surface area contributed by atoms with Gasteiger partial charge in [0.25, 0.3) is 0 Å². The highest BCUT2D eigenvalue weighted by Gasteiger charge is 2.46. The molecule has 4 rings (SSSR count). The normalized spacial score (nSPS) is 18.0. The molecule has 2 aliphatic rings. The van der Waals surface area contributed by atoms with E-state index in [-0.39, 0.29) is 30.0 Å². The summed E-state index contributed by atoms with van der Waals surface area (Å²) < 4.78 is 52.0. The van der Waals surface area contributed by atoms with Gasteiger partial charge in [-0.3, -0.25) is 0 Å². The summed E-state index contributed by atoms with van der Waals surface area (Å²) in [6.45, 7) is 7.29. The summed E-state index contributed by atoms with van der Waals surface area (Å²) in [6, 6.07) is 7.64. The van der Waals surface area contributed by atoms with Gasteiger partial charge in [0.15, 0.2) is 5.82 Å². The minimum absolute atomic E-state index is 0.0287. The zero-order valence-corrected chi connectivity index (χ0v) is 19.9. The first kappa shape index (κ1) is 23.3. The number of anilines is 2. The molecular weight excluding hydrogens is 449 g/mol. The van der Waals surface area contributed by atoms with Crippen molar-refractivity contribution in [1.82, 2.24) is 4.98 Å². The number of fused-ring (bicyclic) bond motifs is 1. The number of nitrogens with zero attached hydrogens (tertiary/aromatic N) is 2. The van der Waals surface area contributed by atoms with Gasteiger partial charge >= 0.3 is 6.09 Å². The molecular formula is C23H28FN3O5S. The number of rotatable bonds is 5. The molecule has 0 radical (unpaired) electrons. The highest BCUT2D eigenvalue weighted by Crippen LogP contribution is 2.39. The molecule has 1 fully saturated rings. The Morgan fingerprint density at radius 3 is 2.55 bits per heavy atom. The molecule has 10 heteroatoms. The summed E-state index contributed by atoms with van der Waals surface area (Å²) in [4.78, 5) is 17.7. The van der Waals surface area contributed by atoms with E-state index in [0.717, 1.165) is 5.56 Å². The number of carbonyl (C=O) groups excluding carboxylic acids is 1. The van der Waals surface area contributed by atoms with Crippen LogP contribution in [0.1, 0.15) is 51.7 Å². The second-order valence-corrected chi connectivity index (χ2v) is 11.5. The molecule has 1 saturated carbocycles. The molecule has 8 nitrogen and oxygen atoms in total. The van der Waals surface area contributed by atoms with Crippen LogP contribution >= 0.6 is 0 Å². The first-order chi connectivity index (χ1) is 15.4. The van der Waals surface area contributed by atoms with Crippen molar-refractivity contribution in [3.8, 4) is 5.88 Å². The lowest BCUT2D eigenvalue weighted by molar-refractivity contribution is 0.0607. The van der Waals surface area contributed by atoms with E-state index in [1.807, 2.05) is 6.92 Å². The molecule has 1 N–H and O–H groups in total. The van der Waals surface area contributed by atoms with E-state index in [0.29, 0.717) is 35.0 Å². The Kier molecular flexibility index (Phi) is 5.98. The molecule has 0 bridgehead atoms. The number of hydrogen-bond donors (Lipinski definition) is 1. The van der Waals surface area contributed by atoms with Crippen molar-refractivity contribution in [1.29, 1.82) is 0 Å². The highest BCUT2D eigenvalue weighted by atomic mass is 32.2. The highest BCUT2D eigenvalue weighted by molar-refractivity contribution is 7.94. The molecule has 1 aromatic heterocycles. The SMILES string of the molecule is C[C@H]1COc2nc(N(C(=O)OC(C)(C)C)S(=O)(=O)C3CC3)c(Cc3ccc(F)cc3)cc2N1. The summed E-state index contributed by atoms with van der Waals surface area (Å²) in [6.07, 6.45) is 0.149. The molecule has 1 aromatic carbocycles. The Morgan fingerprint density at radius 2 is 1.94 bits per heavy atom. The number of amides is 1. The van der Waals surface area contributed by atoms with Gasteiger partial charge in [0.2, 0.25) is 15.9 Å². The minimum Gasteiger partial charge on any atom is -0.474 e. The maximum Gasteiger partial charge on any atom is 0.430 e. The Morgan fingerprint density at radius 1 is 1.27 bits per heavy atom. The lowest BCUT2D eigenvalue weighted by Crippen LogP contribution is -2.43. The van der Waals surface area contributed by atoms with Gasteiger partial charge < -0.3 is 14.8 Å². The number of pyridine rings is 1. The number of aromatic nitrogens is 1. The second-order valence-electron chi connectivity index (χ2n) is 9.47. The number of hydrogen-bond acceptors (Lipinski definition) is 7. The first-order valence-corrected chi connectivity index (χ1v) is 12.4. The molecule has 1 amide bonds. The lowest BCUT2D eigenvalue weighted by Gasteiger charge is -2.30. The van der Waals surface area contributed by atoms with Crippen LogP contribution in [0.15, 0.2) is 30.3 Å². The van der Waals surface area contributed by atoms with Crippen LogP contribution in [0.2, 0.25) is 0 Å². The van der Waals surface area contributed by atoms with Crippen molar-refractivity contribution in [3.63, 3.8) is 0 Å². The van der Waals surface area contributed by atoms with Gasteiger partial charge in [-0.05, 0) is 64.3 Å². The predicted octanol–water partition coefficient (Wildman–Crippen LogP) is 4.24. The molecule has 2 heterocycles. The van der Waals surface area contributed by atoms with E-state index in [9.17, 15) is 17.6 Å². The Hall–Kier alpha value is -2.88. The first-order valence-electron chi connectivity index (χ1n) is 10.9. The molecule has 0 spiro atoms. The van der Waals surface area contributed by atoms with Crippen LogP contribution in [-0.4, -0.2) is 43.0 Å². The second kappa shape index (κ2) is 8.48. The van der Waals surface area contributed by atoms with E-state index in [4.69, 9.17) is 9.47 Å². The molecule has 1 atom stereocenters.